The maximum Gasteiger partial charge on any atom is 0.165 e. The largest absolute Gasteiger partial charge is 0.490 e. The molecule has 1 aromatic carbocycles. The van der Waals surface area contributed by atoms with Gasteiger partial charge in [0.15, 0.2) is 11.6 Å². The first kappa shape index (κ1) is 13.1. The van der Waals surface area contributed by atoms with Crippen LogP contribution in [-0.2, 0) is 6.42 Å². The Hall–Kier alpha value is -1.39. The molecule has 0 saturated carbocycles. The van der Waals surface area contributed by atoms with E-state index in [2.05, 4.69) is 5.38 Å². The summed E-state index contributed by atoms with van der Waals surface area (Å²) in [7, 11) is 0. The van der Waals surface area contributed by atoms with Gasteiger partial charge in [0.2, 0.25) is 0 Å². The van der Waals surface area contributed by atoms with E-state index in [1.165, 1.54) is 11.6 Å². The van der Waals surface area contributed by atoms with Crippen LogP contribution in [0.25, 0.3) is 0 Å². The van der Waals surface area contributed by atoms with Gasteiger partial charge in [-0.15, -0.1) is 0 Å². The Labute approximate surface area is 110 Å². The second-order valence-electron chi connectivity index (χ2n) is 4.21. The molecule has 18 heavy (non-hydrogen) atoms. The van der Waals surface area contributed by atoms with Gasteiger partial charge in [-0.2, -0.15) is 11.3 Å². The summed E-state index contributed by atoms with van der Waals surface area (Å²) in [5.74, 6) is -0.0650. The summed E-state index contributed by atoms with van der Waals surface area (Å²) in [5, 5.41) is 4.09. The number of benzene rings is 1. The van der Waals surface area contributed by atoms with Crippen molar-refractivity contribution < 1.29 is 9.13 Å². The Morgan fingerprint density at radius 1 is 1.39 bits per heavy atom. The van der Waals surface area contributed by atoms with Crippen LogP contribution >= 0.6 is 11.3 Å². The lowest BCUT2D eigenvalue weighted by Gasteiger charge is -2.10. The molecule has 0 amide bonds. The van der Waals surface area contributed by atoms with Gasteiger partial charge in [-0.1, -0.05) is 6.07 Å². The molecular weight excluding hydrogens is 249 g/mol. The zero-order valence-corrected chi connectivity index (χ0v) is 11.0. The molecule has 0 fully saturated rings. The molecule has 0 saturated heterocycles. The van der Waals surface area contributed by atoms with Crippen molar-refractivity contribution in [2.45, 2.75) is 19.4 Å². The van der Waals surface area contributed by atoms with E-state index in [0.717, 1.165) is 12.0 Å². The minimum Gasteiger partial charge on any atom is -0.490 e. The second-order valence-corrected chi connectivity index (χ2v) is 4.99. The Morgan fingerprint density at radius 3 is 2.83 bits per heavy atom. The molecule has 0 spiro atoms. The number of hydrogen-bond donors (Lipinski definition) is 1. The average molecular weight is 265 g/mol. The van der Waals surface area contributed by atoms with Crippen LogP contribution < -0.4 is 10.5 Å². The number of thiophene rings is 1. The molecule has 2 nitrogen and oxygen atoms in total. The summed E-state index contributed by atoms with van der Waals surface area (Å²) in [5.41, 5.74) is 7.68. The fourth-order valence-electron chi connectivity index (χ4n) is 1.63. The Balaban J connectivity index is 1.93. The summed E-state index contributed by atoms with van der Waals surface area (Å²) >= 11 is 1.65. The minimum atomic E-state index is -0.352. The van der Waals surface area contributed by atoms with Gasteiger partial charge >= 0.3 is 0 Å². The van der Waals surface area contributed by atoms with Crippen molar-refractivity contribution in [2.24, 2.45) is 5.73 Å². The highest BCUT2D eigenvalue weighted by Crippen LogP contribution is 2.21. The smallest absolute Gasteiger partial charge is 0.165 e. The highest BCUT2D eigenvalue weighted by molar-refractivity contribution is 7.07. The van der Waals surface area contributed by atoms with E-state index in [-0.39, 0.29) is 17.6 Å². The number of nitrogens with two attached hydrogens (primary N) is 1. The fraction of sp³-hybridized carbons (Fsp3) is 0.286. The molecule has 1 aromatic heterocycles. The lowest BCUT2D eigenvalue weighted by molar-refractivity contribution is 0.305. The fourth-order valence-corrected chi connectivity index (χ4v) is 2.33. The molecule has 2 rings (SSSR count). The molecule has 0 bridgehead atoms. The first-order valence-corrected chi connectivity index (χ1v) is 6.80. The van der Waals surface area contributed by atoms with Crippen molar-refractivity contribution in [1.29, 1.82) is 0 Å². The van der Waals surface area contributed by atoms with Gasteiger partial charge in [0.1, 0.15) is 0 Å². The van der Waals surface area contributed by atoms with Crippen LogP contribution in [0.5, 0.6) is 5.75 Å². The van der Waals surface area contributed by atoms with Crippen molar-refractivity contribution in [1.82, 2.24) is 0 Å². The lowest BCUT2D eigenvalue weighted by Crippen LogP contribution is -2.06. The highest BCUT2D eigenvalue weighted by atomic mass is 32.1. The lowest BCUT2D eigenvalue weighted by atomic mass is 10.1. The van der Waals surface area contributed by atoms with E-state index >= 15 is 0 Å². The summed E-state index contributed by atoms with van der Waals surface area (Å²) in [6.07, 6.45) is 0.790. The van der Waals surface area contributed by atoms with Crippen LogP contribution in [-0.4, -0.2) is 6.61 Å². The van der Waals surface area contributed by atoms with Crippen molar-refractivity contribution in [2.75, 3.05) is 6.61 Å². The molecule has 1 heterocycles. The minimum absolute atomic E-state index is 0.167. The van der Waals surface area contributed by atoms with Crippen LogP contribution in [0.1, 0.15) is 24.1 Å². The maximum atomic E-state index is 13.7. The molecule has 2 N–H and O–H groups in total. The molecule has 0 aliphatic rings. The third kappa shape index (κ3) is 3.31. The van der Waals surface area contributed by atoms with Gasteiger partial charge in [-0.3, -0.25) is 0 Å². The molecule has 1 unspecified atom stereocenters. The van der Waals surface area contributed by atoms with Gasteiger partial charge in [-0.25, -0.2) is 4.39 Å². The summed E-state index contributed by atoms with van der Waals surface area (Å²) < 4.78 is 19.1. The van der Waals surface area contributed by atoms with Crippen LogP contribution in [0.3, 0.4) is 0 Å². The van der Waals surface area contributed by atoms with Crippen molar-refractivity contribution in [3.8, 4) is 5.75 Å². The van der Waals surface area contributed by atoms with E-state index in [9.17, 15) is 4.39 Å². The standard InChI is InChI=1S/C14H16FNOS/c1-10(16)12-2-3-14(13(15)8-12)17-6-4-11-5-7-18-9-11/h2-3,5,7-10H,4,6,16H2,1H3. The first-order valence-electron chi connectivity index (χ1n) is 5.85. The van der Waals surface area contributed by atoms with E-state index < -0.39 is 0 Å². The number of ether oxygens (including phenoxy) is 1. The quantitative estimate of drug-likeness (QED) is 0.897. The van der Waals surface area contributed by atoms with Crippen molar-refractivity contribution >= 4 is 11.3 Å². The van der Waals surface area contributed by atoms with Gasteiger partial charge in [0.05, 0.1) is 6.61 Å². The van der Waals surface area contributed by atoms with Crippen LogP contribution in [0.15, 0.2) is 35.0 Å². The molecule has 0 aliphatic carbocycles. The number of hydrogen-bond acceptors (Lipinski definition) is 3. The molecule has 0 aliphatic heterocycles. The number of rotatable bonds is 5. The zero-order chi connectivity index (χ0) is 13.0. The van der Waals surface area contributed by atoms with Crippen LogP contribution in [0.4, 0.5) is 4.39 Å². The molecule has 0 radical (unpaired) electrons. The van der Waals surface area contributed by atoms with Gasteiger partial charge < -0.3 is 10.5 Å². The molecular formula is C14H16FNOS. The Morgan fingerprint density at radius 2 is 2.22 bits per heavy atom. The first-order chi connectivity index (χ1) is 8.66. The van der Waals surface area contributed by atoms with E-state index in [4.69, 9.17) is 10.5 Å². The Kier molecular flexibility index (Phi) is 4.33. The van der Waals surface area contributed by atoms with E-state index in [0.29, 0.717) is 6.61 Å². The normalized spacial score (nSPS) is 12.4. The van der Waals surface area contributed by atoms with Crippen LogP contribution in [0, 0.1) is 5.82 Å². The van der Waals surface area contributed by atoms with E-state index in [1.54, 1.807) is 23.5 Å². The average Bonchev–Trinajstić information content (AvgIpc) is 2.84. The van der Waals surface area contributed by atoms with Gasteiger partial charge in [-0.05, 0) is 47.0 Å². The van der Waals surface area contributed by atoms with Crippen molar-refractivity contribution in [3.05, 3.63) is 52.0 Å². The van der Waals surface area contributed by atoms with Crippen molar-refractivity contribution in [3.63, 3.8) is 0 Å². The summed E-state index contributed by atoms with van der Waals surface area (Å²) in [6, 6.07) is 6.75. The number of halogens is 1. The monoisotopic (exact) mass is 265 g/mol. The molecule has 4 heteroatoms. The Bertz CT molecular complexity index is 497. The predicted octanol–water partition coefficient (Wildman–Crippen LogP) is 3.53. The van der Waals surface area contributed by atoms with Gasteiger partial charge in [0.25, 0.3) is 0 Å². The molecule has 1 atom stereocenters. The molecule has 96 valence electrons. The highest BCUT2D eigenvalue weighted by Gasteiger charge is 2.07. The topological polar surface area (TPSA) is 35.2 Å². The third-order valence-electron chi connectivity index (χ3n) is 2.71. The summed E-state index contributed by atoms with van der Waals surface area (Å²) in [4.78, 5) is 0. The maximum absolute atomic E-state index is 13.7. The molecule has 2 aromatic rings. The van der Waals surface area contributed by atoms with E-state index in [1.807, 2.05) is 18.4 Å². The SMILES string of the molecule is CC(N)c1ccc(OCCc2ccsc2)c(F)c1. The zero-order valence-electron chi connectivity index (χ0n) is 10.2. The predicted molar refractivity (Wildman–Crippen MR) is 72.5 cm³/mol. The third-order valence-corrected chi connectivity index (χ3v) is 3.44. The van der Waals surface area contributed by atoms with Crippen LogP contribution in [0.2, 0.25) is 0 Å². The summed E-state index contributed by atoms with van der Waals surface area (Å²) in [6.45, 7) is 2.30. The second kappa shape index (κ2) is 5.98. The van der Waals surface area contributed by atoms with Gasteiger partial charge in [0, 0.05) is 12.5 Å².